The van der Waals surface area contributed by atoms with E-state index in [2.05, 4.69) is 32.9 Å². The van der Waals surface area contributed by atoms with Crippen LogP contribution in [0.2, 0.25) is 0 Å². The van der Waals surface area contributed by atoms with Crippen molar-refractivity contribution < 1.29 is 10.2 Å². The molecular weight excluding hydrogens is 404 g/mol. The van der Waals surface area contributed by atoms with Crippen molar-refractivity contribution in [3.05, 3.63) is 23.3 Å². The fourth-order valence-electron chi connectivity index (χ4n) is 7.82. The van der Waals surface area contributed by atoms with Gasteiger partial charge in [-0.2, -0.15) is 0 Å². The molecule has 0 heterocycles. The van der Waals surface area contributed by atoms with Crippen molar-refractivity contribution in [3.63, 3.8) is 0 Å². The zero-order valence-corrected chi connectivity index (χ0v) is 22.5. The molecular formula is C31H54O2. The molecule has 2 heteroatoms. The smallest absolute Gasteiger partial charge is 0.0605 e. The van der Waals surface area contributed by atoms with E-state index in [-0.39, 0.29) is 6.10 Å². The number of aliphatic hydroxyl groups excluding tert-OH is 1. The van der Waals surface area contributed by atoms with Crippen molar-refractivity contribution in [2.75, 3.05) is 0 Å². The molecule has 2 N–H and O–H groups in total. The minimum absolute atomic E-state index is 0.132. The summed E-state index contributed by atoms with van der Waals surface area (Å²) in [6, 6.07) is 0. The minimum Gasteiger partial charge on any atom is -0.393 e. The Hall–Kier alpha value is -0.600. The molecule has 0 aromatic carbocycles. The van der Waals surface area contributed by atoms with E-state index in [1.165, 1.54) is 76.2 Å². The third-order valence-corrected chi connectivity index (χ3v) is 9.71. The van der Waals surface area contributed by atoms with Crippen LogP contribution < -0.4 is 0 Å². The second-order valence-corrected chi connectivity index (χ2v) is 12.9. The summed E-state index contributed by atoms with van der Waals surface area (Å²) in [6.07, 6.45) is 23.1. The Morgan fingerprint density at radius 1 is 1.09 bits per heavy atom. The topological polar surface area (TPSA) is 40.5 Å². The number of rotatable bonds is 8. The van der Waals surface area contributed by atoms with Gasteiger partial charge < -0.3 is 10.2 Å². The minimum atomic E-state index is -0.535. The van der Waals surface area contributed by atoms with E-state index < -0.39 is 5.60 Å². The Labute approximate surface area is 205 Å². The molecule has 3 saturated carbocycles. The average Bonchev–Trinajstić information content (AvgIpc) is 2.92. The number of hydrogen-bond donors (Lipinski definition) is 2. The predicted octanol–water partition coefficient (Wildman–Crippen LogP) is 8.37. The van der Waals surface area contributed by atoms with Crippen molar-refractivity contribution in [3.8, 4) is 0 Å². The van der Waals surface area contributed by atoms with Gasteiger partial charge in [-0.25, -0.2) is 0 Å². The van der Waals surface area contributed by atoms with Crippen molar-refractivity contribution in [2.45, 2.75) is 143 Å². The summed E-state index contributed by atoms with van der Waals surface area (Å²) in [4.78, 5) is 0. The quantitative estimate of drug-likeness (QED) is 0.383. The summed E-state index contributed by atoms with van der Waals surface area (Å²) >= 11 is 0. The van der Waals surface area contributed by atoms with Gasteiger partial charge in [-0.15, -0.1) is 0 Å². The molecule has 3 rings (SSSR count). The summed E-state index contributed by atoms with van der Waals surface area (Å²) in [5, 5.41) is 20.8. The van der Waals surface area contributed by atoms with Gasteiger partial charge in [-0.05, 0) is 107 Å². The van der Waals surface area contributed by atoms with Crippen LogP contribution in [-0.4, -0.2) is 21.9 Å². The third-order valence-electron chi connectivity index (χ3n) is 9.71. The van der Waals surface area contributed by atoms with E-state index in [9.17, 15) is 10.2 Å². The van der Waals surface area contributed by atoms with Crippen molar-refractivity contribution >= 4 is 0 Å². The van der Waals surface area contributed by atoms with Crippen molar-refractivity contribution in [2.24, 2.45) is 29.1 Å². The van der Waals surface area contributed by atoms with Gasteiger partial charge in [-0.1, -0.05) is 76.2 Å². The maximum absolute atomic E-state index is 10.6. The molecule has 2 nitrogen and oxygen atoms in total. The zero-order valence-electron chi connectivity index (χ0n) is 22.5. The average molecular weight is 459 g/mol. The van der Waals surface area contributed by atoms with E-state index in [0.717, 1.165) is 43.4 Å². The maximum Gasteiger partial charge on any atom is 0.0605 e. The van der Waals surface area contributed by atoms with Crippen LogP contribution in [0.25, 0.3) is 0 Å². The molecule has 6 atom stereocenters. The Morgan fingerprint density at radius 2 is 1.85 bits per heavy atom. The van der Waals surface area contributed by atoms with Gasteiger partial charge in [0.15, 0.2) is 0 Å². The first-order valence-electron chi connectivity index (χ1n) is 14.4. The lowest BCUT2D eigenvalue weighted by molar-refractivity contribution is 0.0347. The lowest BCUT2D eigenvalue weighted by Gasteiger charge is -2.49. The highest BCUT2D eigenvalue weighted by molar-refractivity contribution is 5.25. The van der Waals surface area contributed by atoms with E-state index in [4.69, 9.17) is 0 Å². The fraction of sp³-hybridized carbons (Fsp3) is 0.871. The van der Waals surface area contributed by atoms with Gasteiger partial charge in [0.1, 0.15) is 0 Å². The molecule has 190 valence electrons. The molecule has 0 bridgehead atoms. The largest absolute Gasteiger partial charge is 0.393 e. The lowest BCUT2D eigenvalue weighted by atomic mass is 9.55. The zero-order chi connectivity index (χ0) is 24.1. The Bertz CT molecular complexity index is 669. The van der Waals surface area contributed by atoms with Crippen LogP contribution in [0.4, 0.5) is 0 Å². The molecule has 3 fully saturated rings. The Morgan fingerprint density at radius 3 is 2.55 bits per heavy atom. The van der Waals surface area contributed by atoms with Crippen LogP contribution in [0.1, 0.15) is 131 Å². The second-order valence-electron chi connectivity index (χ2n) is 12.9. The van der Waals surface area contributed by atoms with Gasteiger partial charge >= 0.3 is 0 Å². The van der Waals surface area contributed by atoms with Crippen LogP contribution in [0.5, 0.6) is 0 Å². The fourth-order valence-corrected chi connectivity index (χ4v) is 7.82. The Balaban J connectivity index is 1.71. The highest BCUT2D eigenvalue weighted by Gasteiger charge is 2.46. The number of allylic oxidation sites excluding steroid dienone is 3. The number of aliphatic hydroxyl groups is 2. The van der Waals surface area contributed by atoms with E-state index in [1.54, 1.807) is 5.57 Å². The molecule has 0 aliphatic heterocycles. The third kappa shape index (κ3) is 7.20. The first-order chi connectivity index (χ1) is 15.6. The van der Waals surface area contributed by atoms with Crippen LogP contribution in [0, 0.1) is 29.1 Å². The molecule has 0 aromatic heterocycles. The van der Waals surface area contributed by atoms with Crippen LogP contribution in [0.15, 0.2) is 23.3 Å². The summed E-state index contributed by atoms with van der Waals surface area (Å²) in [5.74, 6) is 2.78. The molecule has 0 spiro atoms. The number of hydrogen-bond acceptors (Lipinski definition) is 2. The van der Waals surface area contributed by atoms with Crippen molar-refractivity contribution in [1.82, 2.24) is 0 Å². The molecule has 3 aliphatic rings. The monoisotopic (exact) mass is 458 g/mol. The second kappa shape index (κ2) is 11.9. The SMILES string of the molecule is CCCC1CC/C(=C/C=C2\CCCC3(C)C2CCCCC3[C@H](C)CCCC(C)(C)O)CC1O. The van der Waals surface area contributed by atoms with E-state index >= 15 is 0 Å². The molecule has 0 radical (unpaired) electrons. The molecule has 5 unspecified atom stereocenters. The predicted molar refractivity (Wildman–Crippen MR) is 141 cm³/mol. The molecule has 0 aromatic rings. The highest BCUT2D eigenvalue weighted by Crippen LogP contribution is 2.56. The Kier molecular flexibility index (Phi) is 9.73. The van der Waals surface area contributed by atoms with Crippen LogP contribution >= 0.6 is 0 Å². The number of fused-ring (bicyclic) bond motifs is 1. The first kappa shape index (κ1) is 27.0. The van der Waals surface area contributed by atoms with Gasteiger partial charge in [0.2, 0.25) is 0 Å². The van der Waals surface area contributed by atoms with E-state index in [1.807, 2.05) is 13.8 Å². The van der Waals surface area contributed by atoms with Gasteiger partial charge in [0.25, 0.3) is 0 Å². The van der Waals surface area contributed by atoms with Gasteiger partial charge in [-0.3, -0.25) is 0 Å². The van der Waals surface area contributed by atoms with Crippen LogP contribution in [0.3, 0.4) is 0 Å². The van der Waals surface area contributed by atoms with Crippen LogP contribution in [-0.2, 0) is 0 Å². The molecule has 0 saturated heterocycles. The molecule has 3 aliphatic carbocycles. The molecule has 33 heavy (non-hydrogen) atoms. The summed E-state index contributed by atoms with van der Waals surface area (Å²) < 4.78 is 0. The maximum atomic E-state index is 10.6. The molecule has 0 amide bonds. The normalized spacial score (nSPS) is 37.1. The van der Waals surface area contributed by atoms with Gasteiger partial charge in [0.05, 0.1) is 11.7 Å². The van der Waals surface area contributed by atoms with E-state index in [0.29, 0.717) is 11.3 Å². The summed E-state index contributed by atoms with van der Waals surface area (Å²) in [5.41, 5.74) is 3.07. The first-order valence-corrected chi connectivity index (χ1v) is 14.4. The highest BCUT2D eigenvalue weighted by atomic mass is 16.3. The summed E-state index contributed by atoms with van der Waals surface area (Å²) in [7, 11) is 0. The van der Waals surface area contributed by atoms with Crippen molar-refractivity contribution in [1.29, 1.82) is 0 Å². The lowest BCUT2D eigenvalue weighted by Crippen LogP contribution is -2.41. The summed E-state index contributed by atoms with van der Waals surface area (Å²) in [6.45, 7) is 11.3. The standard InChI is InChI=1S/C31H54O2/c1-6-11-26-19-17-24(22-29(26)32)16-18-25-13-10-21-31(5)27(14-7-8-15-28(25)31)23(2)12-9-20-30(3,4)33/h16,18,23,26-29,32-33H,6-15,17,19-22H2,1-5H3/b24-16-,25-18+/t23-,26?,27?,28?,29?,31?/m1/s1. The van der Waals surface area contributed by atoms with Gasteiger partial charge in [0, 0.05) is 0 Å².